The molecule has 5 aromatic rings. The zero-order valence-electron chi connectivity index (χ0n) is 18.2. The molecule has 0 aliphatic carbocycles. The number of pyridine rings is 1. The summed E-state index contributed by atoms with van der Waals surface area (Å²) in [5.41, 5.74) is 3.96. The molecule has 9 heteroatoms. The lowest BCUT2D eigenvalue weighted by atomic mass is 10.0. The molecule has 1 amide bonds. The van der Waals surface area contributed by atoms with Crippen LogP contribution in [0.15, 0.2) is 71.2 Å². The van der Waals surface area contributed by atoms with E-state index in [4.69, 9.17) is 4.74 Å². The number of nitriles is 1. The van der Waals surface area contributed by atoms with Crippen molar-refractivity contribution in [3.63, 3.8) is 0 Å². The molecule has 0 saturated heterocycles. The maximum Gasteiger partial charge on any atom is 0.225 e. The van der Waals surface area contributed by atoms with Crippen molar-refractivity contribution in [2.45, 2.75) is 11.6 Å². The summed E-state index contributed by atoms with van der Waals surface area (Å²) in [4.78, 5) is 12.6. The second kappa shape index (κ2) is 9.55. The number of fused-ring (bicyclic) bond motifs is 3. The molecule has 1 N–H and O–H groups in total. The van der Waals surface area contributed by atoms with Crippen LogP contribution in [0, 0.1) is 11.3 Å². The van der Waals surface area contributed by atoms with Gasteiger partial charge in [-0.2, -0.15) is 5.26 Å². The highest BCUT2D eigenvalue weighted by Crippen LogP contribution is 2.35. The molecule has 34 heavy (non-hydrogen) atoms. The summed E-state index contributed by atoms with van der Waals surface area (Å²) in [5.74, 6) is 1.14. The number of methoxy groups -OCH3 is 1. The van der Waals surface area contributed by atoms with Gasteiger partial charge in [-0.15, -0.1) is 21.5 Å². The molecule has 0 fully saturated rings. The third-order valence-corrected chi connectivity index (χ3v) is 7.19. The maximum absolute atomic E-state index is 12.6. The number of anilines is 1. The van der Waals surface area contributed by atoms with Gasteiger partial charge >= 0.3 is 0 Å². The summed E-state index contributed by atoms with van der Waals surface area (Å²) in [6, 6.07) is 21.7. The average molecular weight is 486 g/mol. The summed E-state index contributed by atoms with van der Waals surface area (Å²) in [7, 11) is 1.61. The van der Waals surface area contributed by atoms with Crippen molar-refractivity contribution in [3.05, 3.63) is 71.6 Å². The lowest BCUT2D eigenvalue weighted by Gasteiger charge is -2.06. The number of carbonyl (C=O) groups is 1. The minimum Gasteiger partial charge on any atom is -0.497 e. The number of hydrogen-bond acceptors (Lipinski definition) is 7. The van der Waals surface area contributed by atoms with E-state index in [1.165, 1.54) is 23.1 Å². The number of nitrogens with zero attached hydrogens (tertiary/aromatic N) is 4. The highest BCUT2D eigenvalue weighted by molar-refractivity contribution is 7.99. The zero-order chi connectivity index (χ0) is 23.5. The van der Waals surface area contributed by atoms with Gasteiger partial charge in [-0.05, 0) is 41.3 Å². The zero-order valence-corrected chi connectivity index (χ0v) is 19.8. The molecule has 3 aromatic heterocycles. The van der Waals surface area contributed by atoms with E-state index in [1.54, 1.807) is 7.11 Å². The van der Waals surface area contributed by atoms with Gasteiger partial charge in [0.2, 0.25) is 5.91 Å². The molecule has 0 atom stereocenters. The van der Waals surface area contributed by atoms with E-state index in [0.29, 0.717) is 16.3 Å². The number of nitrogens with one attached hydrogen (secondary N) is 1. The molecule has 0 spiro atoms. The Morgan fingerprint density at radius 1 is 1.15 bits per heavy atom. The Morgan fingerprint density at radius 3 is 2.76 bits per heavy atom. The number of thioether (sulfide) groups is 1. The fraction of sp³-hybridized carbons (Fsp3) is 0.120. The first-order valence-electron chi connectivity index (χ1n) is 10.5. The van der Waals surface area contributed by atoms with Gasteiger partial charge in [0.05, 0.1) is 18.2 Å². The van der Waals surface area contributed by atoms with Crippen LogP contribution < -0.4 is 10.1 Å². The molecule has 2 aromatic carbocycles. The Kier molecular flexibility index (Phi) is 6.16. The lowest BCUT2D eigenvalue weighted by molar-refractivity contribution is -0.115. The molecular formula is C25H19N5O2S2. The Balaban J connectivity index is 1.26. The van der Waals surface area contributed by atoms with Crippen LogP contribution in [-0.2, 0) is 4.79 Å². The van der Waals surface area contributed by atoms with Crippen molar-refractivity contribution in [2.24, 2.45) is 0 Å². The summed E-state index contributed by atoms with van der Waals surface area (Å²) >= 11 is 2.83. The van der Waals surface area contributed by atoms with Crippen molar-refractivity contribution < 1.29 is 9.53 Å². The van der Waals surface area contributed by atoms with Crippen molar-refractivity contribution in [1.29, 1.82) is 5.26 Å². The van der Waals surface area contributed by atoms with Crippen molar-refractivity contribution >= 4 is 50.6 Å². The summed E-state index contributed by atoms with van der Waals surface area (Å²) < 4.78 is 7.20. The van der Waals surface area contributed by atoms with E-state index in [1.807, 2.05) is 70.4 Å². The van der Waals surface area contributed by atoms with Gasteiger partial charge in [0, 0.05) is 23.1 Å². The molecule has 3 heterocycles. The second-order valence-electron chi connectivity index (χ2n) is 7.41. The number of ether oxygens (including phenoxy) is 1. The first-order valence-corrected chi connectivity index (χ1v) is 12.4. The number of amides is 1. The van der Waals surface area contributed by atoms with Gasteiger partial charge in [0.25, 0.3) is 0 Å². The van der Waals surface area contributed by atoms with Gasteiger partial charge in [-0.3, -0.25) is 9.20 Å². The second-order valence-corrected chi connectivity index (χ2v) is 9.35. The maximum atomic E-state index is 12.6. The monoisotopic (exact) mass is 485 g/mol. The summed E-state index contributed by atoms with van der Waals surface area (Å²) in [5, 5.41) is 25.4. The van der Waals surface area contributed by atoms with Crippen molar-refractivity contribution in [1.82, 2.24) is 14.6 Å². The quantitative estimate of drug-likeness (QED) is 0.301. The van der Waals surface area contributed by atoms with Crippen molar-refractivity contribution in [3.8, 4) is 22.9 Å². The number of para-hydroxylation sites is 1. The first kappa shape index (κ1) is 21.9. The standard InChI is InChI=1S/C25H19N5O2S2/c1-32-18-9-6-16(7-10-18)20-15-34-24(19(20)14-26)27-23(31)12-13-33-25-29-28-22-11-8-17-4-2-3-5-21(17)30(22)25/h2-11,15H,12-13H2,1H3,(H,27,31). The number of carbonyl (C=O) groups excluding carboxylic acids is 1. The van der Waals surface area contributed by atoms with Crippen LogP contribution in [-0.4, -0.2) is 33.4 Å². The van der Waals surface area contributed by atoms with E-state index < -0.39 is 0 Å². The van der Waals surface area contributed by atoms with Crippen LogP contribution in [0.1, 0.15) is 12.0 Å². The van der Waals surface area contributed by atoms with Gasteiger partial charge in [0.1, 0.15) is 16.8 Å². The van der Waals surface area contributed by atoms with Crippen LogP contribution in [0.2, 0.25) is 0 Å². The molecule has 5 rings (SSSR count). The number of thiophene rings is 1. The van der Waals surface area contributed by atoms with Gasteiger partial charge in [-0.1, -0.05) is 42.1 Å². The molecule has 0 aliphatic rings. The minimum absolute atomic E-state index is 0.147. The number of benzene rings is 2. The normalized spacial score (nSPS) is 10.9. The molecule has 0 bridgehead atoms. The Morgan fingerprint density at radius 2 is 1.97 bits per heavy atom. The predicted molar refractivity (Wildman–Crippen MR) is 135 cm³/mol. The third-order valence-electron chi connectivity index (χ3n) is 5.37. The van der Waals surface area contributed by atoms with Crippen LogP contribution in [0.25, 0.3) is 27.7 Å². The van der Waals surface area contributed by atoms with E-state index in [0.717, 1.165) is 38.6 Å². The fourth-order valence-electron chi connectivity index (χ4n) is 3.67. The van der Waals surface area contributed by atoms with E-state index >= 15 is 0 Å². The van der Waals surface area contributed by atoms with Crippen LogP contribution in [0.5, 0.6) is 5.75 Å². The SMILES string of the molecule is COc1ccc(-c2csc(NC(=O)CCSc3nnc4ccc5ccccc5n34)c2C#N)cc1. The molecule has 0 saturated carbocycles. The van der Waals surface area contributed by atoms with Crippen LogP contribution in [0.3, 0.4) is 0 Å². The Bertz CT molecular complexity index is 1530. The molecular weight excluding hydrogens is 466 g/mol. The lowest BCUT2D eigenvalue weighted by Crippen LogP contribution is -2.12. The third kappa shape index (κ3) is 4.21. The first-order chi connectivity index (χ1) is 16.7. The minimum atomic E-state index is -0.147. The largest absolute Gasteiger partial charge is 0.497 e. The molecule has 0 aliphatic heterocycles. The smallest absolute Gasteiger partial charge is 0.225 e. The average Bonchev–Trinajstić information content (AvgIpc) is 3.48. The van der Waals surface area contributed by atoms with E-state index in [2.05, 4.69) is 21.6 Å². The Labute approximate surface area is 204 Å². The Hall–Kier alpha value is -3.87. The highest BCUT2D eigenvalue weighted by atomic mass is 32.2. The van der Waals surface area contributed by atoms with Crippen molar-refractivity contribution in [2.75, 3.05) is 18.2 Å². The molecule has 0 radical (unpaired) electrons. The van der Waals surface area contributed by atoms with Gasteiger partial charge in [0.15, 0.2) is 10.8 Å². The summed E-state index contributed by atoms with van der Waals surface area (Å²) in [6.07, 6.45) is 0.283. The van der Waals surface area contributed by atoms with E-state index in [-0.39, 0.29) is 12.3 Å². The van der Waals surface area contributed by atoms with Crippen LogP contribution in [0.4, 0.5) is 5.00 Å². The molecule has 0 unspecified atom stereocenters. The topological polar surface area (TPSA) is 92.3 Å². The van der Waals surface area contributed by atoms with Crippen LogP contribution >= 0.6 is 23.1 Å². The fourth-order valence-corrected chi connectivity index (χ4v) is 5.50. The van der Waals surface area contributed by atoms with Gasteiger partial charge in [-0.25, -0.2) is 0 Å². The van der Waals surface area contributed by atoms with Gasteiger partial charge < -0.3 is 10.1 Å². The number of aromatic nitrogens is 3. The highest BCUT2D eigenvalue weighted by Gasteiger charge is 2.16. The predicted octanol–water partition coefficient (Wildman–Crippen LogP) is 5.61. The van der Waals surface area contributed by atoms with E-state index in [9.17, 15) is 10.1 Å². The molecule has 168 valence electrons. The number of rotatable bonds is 7. The number of hydrogen-bond donors (Lipinski definition) is 1. The molecule has 7 nitrogen and oxygen atoms in total. The summed E-state index contributed by atoms with van der Waals surface area (Å²) in [6.45, 7) is 0.